The second-order valence-corrected chi connectivity index (χ2v) is 5.76. The summed E-state index contributed by atoms with van der Waals surface area (Å²) >= 11 is 0. The minimum Gasteiger partial charge on any atom is -0.373 e. The van der Waals surface area contributed by atoms with Gasteiger partial charge in [0.2, 0.25) is 5.91 Å². The highest BCUT2D eigenvalue weighted by Gasteiger charge is 2.33. The van der Waals surface area contributed by atoms with E-state index in [1.165, 1.54) is 0 Å². The molecular weight excluding hydrogens is 252 g/mol. The van der Waals surface area contributed by atoms with Gasteiger partial charge in [-0.05, 0) is 30.9 Å². The van der Waals surface area contributed by atoms with E-state index < -0.39 is 0 Å². The predicted molar refractivity (Wildman–Crippen MR) is 78.3 cm³/mol. The second-order valence-electron chi connectivity index (χ2n) is 5.76. The van der Waals surface area contributed by atoms with Gasteiger partial charge >= 0.3 is 0 Å². The zero-order valence-corrected chi connectivity index (χ0v) is 11.9. The topological polar surface area (TPSA) is 57.3 Å². The number of likely N-dealkylation sites (tertiary alicyclic amines) is 1. The molecule has 2 N–H and O–H groups in total. The second kappa shape index (κ2) is 5.79. The van der Waals surface area contributed by atoms with Crippen molar-refractivity contribution in [1.29, 1.82) is 0 Å². The summed E-state index contributed by atoms with van der Waals surface area (Å²) < 4.78 is 0. The Hall–Kier alpha value is -1.62. The molecule has 2 unspecified atom stereocenters. The van der Waals surface area contributed by atoms with E-state index in [9.17, 15) is 4.79 Å². The third kappa shape index (κ3) is 2.93. The standard InChI is InChI=1S/C15H22N4O/c1-16-14-4-2-3-12(17-14)10-19-8-7-13-11(9-19)5-6-15(20)18-13/h2-4,11,13H,5-10H2,1H3,(H,16,17)(H,18,20). The van der Waals surface area contributed by atoms with E-state index in [0.29, 0.717) is 18.4 Å². The lowest BCUT2D eigenvalue weighted by atomic mass is 9.85. The molecule has 2 fully saturated rings. The molecule has 2 saturated heterocycles. The molecule has 1 amide bonds. The van der Waals surface area contributed by atoms with E-state index in [4.69, 9.17) is 0 Å². The first kappa shape index (κ1) is 13.4. The van der Waals surface area contributed by atoms with Crippen molar-refractivity contribution in [2.24, 2.45) is 5.92 Å². The van der Waals surface area contributed by atoms with Crippen molar-refractivity contribution in [3.8, 4) is 0 Å². The fourth-order valence-corrected chi connectivity index (χ4v) is 3.27. The largest absolute Gasteiger partial charge is 0.373 e. The zero-order chi connectivity index (χ0) is 13.9. The van der Waals surface area contributed by atoms with Crippen LogP contribution in [0, 0.1) is 5.92 Å². The van der Waals surface area contributed by atoms with E-state index in [-0.39, 0.29) is 5.91 Å². The van der Waals surface area contributed by atoms with Crippen LogP contribution in [0.1, 0.15) is 25.0 Å². The molecule has 3 rings (SSSR count). The molecule has 108 valence electrons. The first-order valence-electron chi connectivity index (χ1n) is 7.40. The van der Waals surface area contributed by atoms with Crippen molar-refractivity contribution in [3.05, 3.63) is 23.9 Å². The molecule has 0 spiro atoms. The van der Waals surface area contributed by atoms with Gasteiger partial charge in [0.15, 0.2) is 0 Å². The SMILES string of the molecule is CNc1cccc(CN2CCC3NC(=O)CCC3C2)n1. The van der Waals surface area contributed by atoms with Gasteiger partial charge in [0.05, 0.1) is 5.69 Å². The van der Waals surface area contributed by atoms with Crippen LogP contribution >= 0.6 is 0 Å². The van der Waals surface area contributed by atoms with E-state index in [0.717, 1.165) is 44.0 Å². The average molecular weight is 274 g/mol. The van der Waals surface area contributed by atoms with E-state index >= 15 is 0 Å². The Labute approximate surface area is 119 Å². The van der Waals surface area contributed by atoms with Gasteiger partial charge in [-0.3, -0.25) is 9.69 Å². The van der Waals surface area contributed by atoms with E-state index in [2.05, 4.69) is 26.6 Å². The molecule has 1 aromatic heterocycles. The number of hydrogen-bond donors (Lipinski definition) is 2. The summed E-state index contributed by atoms with van der Waals surface area (Å²) in [6, 6.07) is 6.49. The van der Waals surface area contributed by atoms with Crippen molar-refractivity contribution >= 4 is 11.7 Å². The van der Waals surface area contributed by atoms with Crippen molar-refractivity contribution in [1.82, 2.24) is 15.2 Å². The van der Waals surface area contributed by atoms with Crippen LogP contribution in [0.15, 0.2) is 18.2 Å². The first-order valence-corrected chi connectivity index (χ1v) is 7.40. The molecule has 20 heavy (non-hydrogen) atoms. The molecule has 3 heterocycles. The monoisotopic (exact) mass is 274 g/mol. The molecule has 0 aliphatic carbocycles. The summed E-state index contributed by atoms with van der Waals surface area (Å²) in [5, 5.41) is 6.21. The van der Waals surface area contributed by atoms with Crippen molar-refractivity contribution in [2.75, 3.05) is 25.5 Å². The van der Waals surface area contributed by atoms with Gasteiger partial charge in [0.1, 0.15) is 5.82 Å². The highest BCUT2D eigenvalue weighted by Crippen LogP contribution is 2.26. The minimum absolute atomic E-state index is 0.225. The quantitative estimate of drug-likeness (QED) is 0.870. The maximum absolute atomic E-state index is 11.4. The Morgan fingerprint density at radius 3 is 3.20 bits per heavy atom. The Morgan fingerprint density at radius 2 is 2.35 bits per heavy atom. The van der Waals surface area contributed by atoms with Crippen LogP contribution in [0.4, 0.5) is 5.82 Å². The number of nitrogens with zero attached hydrogens (tertiary/aromatic N) is 2. The Morgan fingerprint density at radius 1 is 1.45 bits per heavy atom. The molecule has 2 aliphatic rings. The fraction of sp³-hybridized carbons (Fsp3) is 0.600. The Balaban J connectivity index is 1.60. The Kier molecular flexibility index (Phi) is 3.87. The van der Waals surface area contributed by atoms with E-state index in [1.807, 2.05) is 19.2 Å². The summed E-state index contributed by atoms with van der Waals surface area (Å²) in [5.41, 5.74) is 1.11. The number of hydrogen-bond acceptors (Lipinski definition) is 4. The summed E-state index contributed by atoms with van der Waals surface area (Å²) in [5.74, 6) is 1.75. The molecule has 0 aromatic carbocycles. The lowest BCUT2D eigenvalue weighted by Crippen LogP contribution is -2.53. The zero-order valence-electron chi connectivity index (χ0n) is 11.9. The van der Waals surface area contributed by atoms with Crippen molar-refractivity contribution in [2.45, 2.75) is 31.8 Å². The maximum atomic E-state index is 11.4. The number of nitrogens with one attached hydrogen (secondary N) is 2. The summed E-state index contributed by atoms with van der Waals surface area (Å²) in [4.78, 5) is 18.5. The van der Waals surface area contributed by atoms with Crippen LogP contribution in [0.3, 0.4) is 0 Å². The smallest absolute Gasteiger partial charge is 0.220 e. The lowest BCUT2D eigenvalue weighted by molar-refractivity contribution is -0.125. The van der Waals surface area contributed by atoms with Crippen LogP contribution in [0.25, 0.3) is 0 Å². The number of carbonyl (C=O) groups is 1. The summed E-state index contributed by atoms with van der Waals surface area (Å²) in [6.45, 7) is 3.00. The van der Waals surface area contributed by atoms with Crippen LogP contribution in [-0.4, -0.2) is 42.0 Å². The number of aromatic nitrogens is 1. The minimum atomic E-state index is 0.225. The van der Waals surface area contributed by atoms with Gasteiger partial charge < -0.3 is 10.6 Å². The van der Waals surface area contributed by atoms with Gasteiger partial charge in [0, 0.05) is 39.1 Å². The van der Waals surface area contributed by atoms with Gasteiger partial charge in [-0.1, -0.05) is 6.07 Å². The number of carbonyl (C=O) groups excluding carboxylic acids is 1. The summed E-state index contributed by atoms with van der Waals surface area (Å²) in [7, 11) is 1.89. The molecule has 5 heteroatoms. The number of amides is 1. The summed E-state index contributed by atoms with van der Waals surface area (Å²) in [6.07, 6.45) is 2.77. The first-order chi connectivity index (χ1) is 9.74. The number of piperidine rings is 2. The lowest BCUT2D eigenvalue weighted by Gasteiger charge is -2.41. The normalized spacial score (nSPS) is 26.8. The predicted octanol–water partition coefficient (Wildman–Crippen LogP) is 1.22. The number of pyridine rings is 1. The third-order valence-corrected chi connectivity index (χ3v) is 4.36. The maximum Gasteiger partial charge on any atom is 0.220 e. The van der Waals surface area contributed by atoms with Gasteiger partial charge in [-0.15, -0.1) is 0 Å². The number of anilines is 1. The molecule has 2 atom stereocenters. The van der Waals surface area contributed by atoms with E-state index in [1.54, 1.807) is 0 Å². The van der Waals surface area contributed by atoms with Crippen LogP contribution < -0.4 is 10.6 Å². The highest BCUT2D eigenvalue weighted by atomic mass is 16.1. The van der Waals surface area contributed by atoms with Gasteiger partial charge in [-0.2, -0.15) is 0 Å². The third-order valence-electron chi connectivity index (χ3n) is 4.36. The van der Waals surface area contributed by atoms with Crippen molar-refractivity contribution < 1.29 is 4.79 Å². The average Bonchev–Trinajstić information content (AvgIpc) is 2.47. The molecule has 0 saturated carbocycles. The molecule has 0 bridgehead atoms. The number of fused-ring (bicyclic) bond motifs is 1. The fourth-order valence-electron chi connectivity index (χ4n) is 3.27. The van der Waals surface area contributed by atoms with Gasteiger partial charge in [0.25, 0.3) is 0 Å². The molecule has 5 nitrogen and oxygen atoms in total. The highest BCUT2D eigenvalue weighted by molar-refractivity contribution is 5.77. The van der Waals surface area contributed by atoms with Gasteiger partial charge in [-0.25, -0.2) is 4.98 Å². The van der Waals surface area contributed by atoms with Crippen LogP contribution in [-0.2, 0) is 11.3 Å². The number of rotatable bonds is 3. The Bertz CT molecular complexity index is 491. The molecular formula is C15H22N4O. The van der Waals surface area contributed by atoms with Crippen molar-refractivity contribution in [3.63, 3.8) is 0 Å². The van der Waals surface area contributed by atoms with Crippen LogP contribution in [0.2, 0.25) is 0 Å². The molecule has 2 aliphatic heterocycles. The molecule has 0 radical (unpaired) electrons. The van der Waals surface area contributed by atoms with Crippen LogP contribution in [0.5, 0.6) is 0 Å². The molecule has 1 aromatic rings.